The lowest BCUT2D eigenvalue weighted by Gasteiger charge is -2.08. The summed E-state index contributed by atoms with van der Waals surface area (Å²) >= 11 is 13.7. The Morgan fingerprint density at radius 2 is 2.19 bits per heavy atom. The predicted molar refractivity (Wildman–Crippen MR) is 88.9 cm³/mol. The van der Waals surface area contributed by atoms with E-state index in [1.54, 1.807) is 18.3 Å². The number of benzene rings is 1. The topological polar surface area (TPSA) is 46.5 Å². The molecule has 108 valence electrons. The Bertz CT molecular complexity index is 683. The minimum Gasteiger partial charge on any atom is -0.478 e. The lowest BCUT2D eigenvalue weighted by Crippen LogP contribution is -1.96. The molecule has 0 unspecified atom stereocenters. The molecule has 0 saturated carbocycles. The second-order valence-corrected chi connectivity index (χ2v) is 5.64. The summed E-state index contributed by atoms with van der Waals surface area (Å²) < 4.78 is 5.28. The third-order valence-corrected chi connectivity index (χ3v) is 3.74. The average Bonchev–Trinajstić information content (AvgIpc) is 2.84. The summed E-state index contributed by atoms with van der Waals surface area (Å²) in [7, 11) is 0. The number of anilines is 1. The zero-order valence-corrected chi connectivity index (χ0v) is 13.4. The van der Waals surface area contributed by atoms with E-state index in [4.69, 9.17) is 34.4 Å². The zero-order chi connectivity index (χ0) is 15.2. The van der Waals surface area contributed by atoms with Crippen molar-refractivity contribution in [3.05, 3.63) is 38.8 Å². The molecule has 0 amide bonds. The van der Waals surface area contributed by atoms with Gasteiger partial charge >= 0.3 is 0 Å². The largest absolute Gasteiger partial charge is 0.478 e. The second-order valence-electron chi connectivity index (χ2n) is 3.97. The highest BCUT2D eigenvalue weighted by Crippen LogP contribution is 2.33. The van der Waals surface area contributed by atoms with Gasteiger partial charge in [0, 0.05) is 5.38 Å². The van der Waals surface area contributed by atoms with Crippen LogP contribution in [0, 0.1) is 19.3 Å². The van der Waals surface area contributed by atoms with Crippen LogP contribution in [0.5, 0.6) is 5.75 Å². The molecular weight excluding hydrogens is 329 g/mol. The van der Waals surface area contributed by atoms with Gasteiger partial charge in [-0.3, -0.25) is 5.43 Å². The third-order valence-electron chi connectivity index (χ3n) is 2.31. The van der Waals surface area contributed by atoms with Gasteiger partial charge in [-0.05, 0) is 24.6 Å². The van der Waals surface area contributed by atoms with Gasteiger partial charge < -0.3 is 4.74 Å². The van der Waals surface area contributed by atoms with Crippen molar-refractivity contribution in [2.75, 3.05) is 12.0 Å². The Balaban J connectivity index is 2.09. The Morgan fingerprint density at radius 1 is 1.48 bits per heavy atom. The first-order chi connectivity index (χ1) is 10.1. The molecular formula is C14H11Cl2N3OS. The molecule has 1 aromatic heterocycles. The number of rotatable bonds is 5. The number of hydrazone groups is 1. The lowest BCUT2D eigenvalue weighted by molar-refractivity contribution is 0.371. The molecule has 1 N–H and O–H groups in total. The van der Waals surface area contributed by atoms with E-state index in [1.165, 1.54) is 11.3 Å². The second kappa shape index (κ2) is 7.32. The number of hydrogen-bond donors (Lipinski definition) is 1. The molecule has 1 aromatic carbocycles. The van der Waals surface area contributed by atoms with E-state index in [0.29, 0.717) is 15.8 Å². The number of ether oxygens (including phenoxy) is 1. The molecule has 0 aliphatic carbocycles. The fraction of sp³-hybridized carbons (Fsp3) is 0.143. The summed E-state index contributed by atoms with van der Waals surface area (Å²) in [5, 5.41) is 7.49. The summed E-state index contributed by atoms with van der Waals surface area (Å²) in [4.78, 5) is 4.23. The van der Waals surface area contributed by atoms with Crippen molar-refractivity contribution in [2.45, 2.75) is 6.92 Å². The van der Waals surface area contributed by atoms with Crippen molar-refractivity contribution < 1.29 is 4.74 Å². The zero-order valence-electron chi connectivity index (χ0n) is 11.1. The molecule has 21 heavy (non-hydrogen) atoms. The van der Waals surface area contributed by atoms with Crippen LogP contribution in [0.25, 0.3) is 0 Å². The first-order valence-corrected chi connectivity index (χ1v) is 7.50. The standard InChI is InChI=1S/C14H11Cl2N3OS/c1-3-4-20-13-11(15)5-10(6-12(13)16)7-17-19-14-18-9(2)8-21-14/h1,5-8H,4H2,2H3,(H,18,19). The van der Waals surface area contributed by atoms with E-state index in [9.17, 15) is 0 Å². The molecule has 0 aliphatic heterocycles. The minimum atomic E-state index is 0.109. The van der Waals surface area contributed by atoms with Crippen LogP contribution in [0.1, 0.15) is 11.3 Å². The van der Waals surface area contributed by atoms with Gasteiger partial charge in [-0.2, -0.15) is 5.10 Å². The number of thiazole rings is 1. The Labute approximate surface area is 136 Å². The summed E-state index contributed by atoms with van der Waals surface area (Å²) in [5.74, 6) is 2.73. The summed E-state index contributed by atoms with van der Waals surface area (Å²) in [6.45, 7) is 2.03. The molecule has 4 nitrogen and oxygen atoms in total. The maximum Gasteiger partial charge on any atom is 0.203 e. The van der Waals surface area contributed by atoms with Gasteiger partial charge in [-0.15, -0.1) is 17.8 Å². The van der Waals surface area contributed by atoms with Crippen molar-refractivity contribution in [1.82, 2.24) is 4.98 Å². The fourth-order valence-corrected chi connectivity index (χ4v) is 2.72. The maximum absolute atomic E-state index is 6.10. The summed E-state index contributed by atoms with van der Waals surface area (Å²) in [6, 6.07) is 3.38. The van der Waals surface area contributed by atoms with Crippen molar-refractivity contribution in [2.24, 2.45) is 5.10 Å². The smallest absolute Gasteiger partial charge is 0.203 e. The number of terminal acetylenes is 1. The highest BCUT2D eigenvalue weighted by atomic mass is 35.5. The predicted octanol–water partition coefficient (Wildman–Crippen LogP) is 4.22. The van der Waals surface area contributed by atoms with Gasteiger partial charge in [0.15, 0.2) is 5.75 Å². The Kier molecular flexibility index (Phi) is 5.45. The van der Waals surface area contributed by atoms with E-state index in [-0.39, 0.29) is 6.61 Å². The average molecular weight is 340 g/mol. The van der Waals surface area contributed by atoms with Crippen molar-refractivity contribution in [3.63, 3.8) is 0 Å². The van der Waals surface area contributed by atoms with Crippen LogP contribution in [-0.2, 0) is 0 Å². The van der Waals surface area contributed by atoms with Crippen LogP contribution in [-0.4, -0.2) is 17.8 Å². The van der Waals surface area contributed by atoms with Gasteiger partial charge in [-0.1, -0.05) is 29.1 Å². The molecule has 0 aliphatic rings. The van der Waals surface area contributed by atoms with Crippen LogP contribution >= 0.6 is 34.5 Å². The van der Waals surface area contributed by atoms with E-state index >= 15 is 0 Å². The SMILES string of the molecule is C#CCOc1c(Cl)cc(C=NNc2nc(C)cs2)cc1Cl. The summed E-state index contributed by atoms with van der Waals surface area (Å²) in [5.41, 5.74) is 4.51. The number of aryl methyl sites for hydroxylation is 1. The number of halogens is 2. The first kappa shape index (κ1) is 15.6. The Morgan fingerprint density at radius 3 is 2.76 bits per heavy atom. The van der Waals surface area contributed by atoms with Gasteiger partial charge in [0.05, 0.1) is 22.0 Å². The lowest BCUT2D eigenvalue weighted by atomic mass is 10.2. The van der Waals surface area contributed by atoms with Crippen LogP contribution in [0.15, 0.2) is 22.6 Å². The molecule has 2 rings (SSSR count). The van der Waals surface area contributed by atoms with Gasteiger partial charge in [0.2, 0.25) is 5.13 Å². The molecule has 0 saturated heterocycles. The third kappa shape index (κ3) is 4.36. The normalized spacial score (nSPS) is 10.6. The number of nitrogens with one attached hydrogen (secondary N) is 1. The Hall–Kier alpha value is -1.74. The minimum absolute atomic E-state index is 0.109. The quantitative estimate of drug-likeness (QED) is 0.504. The highest BCUT2D eigenvalue weighted by molar-refractivity contribution is 7.13. The molecule has 0 fully saturated rings. The van der Waals surface area contributed by atoms with Crippen LogP contribution in [0.2, 0.25) is 10.0 Å². The molecule has 0 spiro atoms. The van der Waals surface area contributed by atoms with E-state index in [1.807, 2.05) is 12.3 Å². The van der Waals surface area contributed by atoms with Gasteiger partial charge in [-0.25, -0.2) is 4.98 Å². The van der Waals surface area contributed by atoms with Crippen LogP contribution < -0.4 is 10.2 Å². The molecule has 7 heteroatoms. The first-order valence-electron chi connectivity index (χ1n) is 5.86. The van der Waals surface area contributed by atoms with Gasteiger partial charge in [0.25, 0.3) is 0 Å². The fourth-order valence-electron chi connectivity index (χ4n) is 1.47. The van der Waals surface area contributed by atoms with E-state index in [0.717, 1.165) is 16.4 Å². The number of nitrogens with zero attached hydrogens (tertiary/aromatic N) is 2. The van der Waals surface area contributed by atoms with E-state index in [2.05, 4.69) is 21.4 Å². The molecule has 0 radical (unpaired) electrons. The maximum atomic E-state index is 6.10. The number of hydrogen-bond acceptors (Lipinski definition) is 5. The van der Waals surface area contributed by atoms with Crippen molar-refractivity contribution in [1.29, 1.82) is 0 Å². The highest BCUT2D eigenvalue weighted by Gasteiger charge is 2.08. The molecule has 0 atom stereocenters. The molecule has 0 bridgehead atoms. The molecule has 1 heterocycles. The van der Waals surface area contributed by atoms with Crippen LogP contribution in [0.4, 0.5) is 5.13 Å². The van der Waals surface area contributed by atoms with Gasteiger partial charge in [0.1, 0.15) is 6.61 Å². The number of aromatic nitrogens is 1. The summed E-state index contributed by atoms with van der Waals surface area (Å²) in [6.07, 6.45) is 6.73. The van der Waals surface area contributed by atoms with Crippen molar-refractivity contribution in [3.8, 4) is 18.1 Å². The van der Waals surface area contributed by atoms with Crippen molar-refractivity contribution >= 4 is 45.9 Å². The van der Waals surface area contributed by atoms with E-state index < -0.39 is 0 Å². The van der Waals surface area contributed by atoms with Crippen LogP contribution in [0.3, 0.4) is 0 Å². The molecule has 2 aromatic rings. The monoisotopic (exact) mass is 339 g/mol.